The van der Waals surface area contributed by atoms with Crippen LogP contribution in [0.4, 0.5) is 4.79 Å². The third kappa shape index (κ3) is 4.37. The third-order valence-electron chi connectivity index (χ3n) is 3.95. The van der Waals surface area contributed by atoms with Crippen LogP contribution in [0.15, 0.2) is 0 Å². The zero-order valence-corrected chi connectivity index (χ0v) is 12.5. The molecule has 0 spiro atoms. The lowest BCUT2D eigenvalue weighted by atomic mass is 10.1. The van der Waals surface area contributed by atoms with Crippen LogP contribution >= 0.6 is 0 Å². The van der Waals surface area contributed by atoms with Gasteiger partial charge in [-0.05, 0) is 25.7 Å². The van der Waals surface area contributed by atoms with Crippen molar-refractivity contribution in [3.8, 4) is 0 Å². The number of amides is 3. The molecule has 1 heterocycles. The van der Waals surface area contributed by atoms with E-state index in [1.54, 1.807) is 19.0 Å². The molecule has 1 aliphatic carbocycles. The lowest BCUT2D eigenvalue weighted by Gasteiger charge is -2.34. The Morgan fingerprint density at radius 1 is 1.10 bits per heavy atom. The van der Waals surface area contributed by atoms with Gasteiger partial charge in [-0.15, -0.1) is 0 Å². The van der Waals surface area contributed by atoms with Crippen molar-refractivity contribution >= 4 is 11.9 Å². The predicted octanol–water partition coefficient (Wildman–Crippen LogP) is 0.248. The van der Waals surface area contributed by atoms with Crippen LogP contribution in [0.3, 0.4) is 0 Å². The first-order valence-electron chi connectivity index (χ1n) is 7.55. The molecule has 114 valence electrons. The molecule has 3 amide bonds. The second-order valence-corrected chi connectivity index (χ2v) is 5.96. The summed E-state index contributed by atoms with van der Waals surface area (Å²) in [5, 5.41) is 6.41. The van der Waals surface area contributed by atoms with Gasteiger partial charge in [-0.3, -0.25) is 4.79 Å². The second kappa shape index (κ2) is 6.92. The average molecular weight is 282 g/mol. The molecule has 0 aromatic heterocycles. The van der Waals surface area contributed by atoms with Crippen LogP contribution in [0.1, 0.15) is 25.7 Å². The van der Waals surface area contributed by atoms with Gasteiger partial charge in [-0.1, -0.05) is 0 Å². The van der Waals surface area contributed by atoms with E-state index in [0.29, 0.717) is 12.6 Å². The summed E-state index contributed by atoms with van der Waals surface area (Å²) < 4.78 is 0. The SMILES string of the molecule is CN(C)C(=O)N1CCC(NCCNC(=O)C2CC2)CC1. The van der Waals surface area contributed by atoms with Gasteiger partial charge in [0.1, 0.15) is 0 Å². The maximum absolute atomic E-state index is 11.8. The molecule has 0 radical (unpaired) electrons. The topological polar surface area (TPSA) is 64.7 Å². The van der Waals surface area contributed by atoms with Gasteiger partial charge >= 0.3 is 6.03 Å². The minimum atomic E-state index is 0.0974. The third-order valence-corrected chi connectivity index (χ3v) is 3.95. The van der Waals surface area contributed by atoms with Gasteiger partial charge in [0.15, 0.2) is 0 Å². The van der Waals surface area contributed by atoms with Crippen molar-refractivity contribution < 1.29 is 9.59 Å². The Labute approximate surface area is 120 Å². The molecule has 1 saturated heterocycles. The van der Waals surface area contributed by atoms with E-state index in [2.05, 4.69) is 10.6 Å². The Balaban J connectivity index is 1.55. The molecule has 6 heteroatoms. The molecule has 0 unspecified atom stereocenters. The maximum Gasteiger partial charge on any atom is 0.319 e. The van der Waals surface area contributed by atoms with Crippen molar-refractivity contribution in [2.45, 2.75) is 31.7 Å². The number of nitrogens with zero attached hydrogens (tertiary/aromatic N) is 2. The van der Waals surface area contributed by atoms with Crippen LogP contribution in [-0.2, 0) is 4.79 Å². The second-order valence-electron chi connectivity index (χ2n) is 5.96. The molecule has 1 saturated carbocycles. The van der Waals surface area contributed by atoms with Crippen LogP contribution in [0.5, 0.6) is 0 Å². The average Bonchev–Trinajstić information content (AvgIpc) is 3.27. The molecule has 2 N–H and O–H groups in total. The van der Waals surface area contributed by atoms with Gasteiger partial charge < -0.3 is 20.4 Å². The van der Waals surface area contributed by atoms with Crippen LogP contribution in [0, 0.1) is 5.92 Å². The standard InChI is InChI=1S/C14H26N4O2/c1-17(2)14(20)18-9-5-12(6-10-18)15-7-8-16-13(19)11-3-4-11/h11-12,15H,3-10H2,1-2H3,(H,16,19). The summed E-state index contributed by atoms with van der Waals surface area (Å²) in [5.41, 5.74) is 0. The molecule has 0 aromatic rings. The highest BCUT2D eigenvalue weighted by Gasteiger charge is 2.29. The van der Waals surface area contributed by atoms with Crippen molar-refractivity contribution in [3.63, 3.8) is 0 Å². The van der Waals surface area contributed by atoms with E-state index in [1.165, 1.54) is 0 Å². The Hall–Kier alpha value is -1.30. The minimum absolute atomic E-state index is 0.0974. The summed E-state index contributed by atoms with van der Waals surface area (Å²) in [7, 11) is 3.57. The first-order chi connectivity index (χ1) is 9.58. The van der Waals surface area contributed by atoms with Crippen LogP contribution in [0.25, 0.3) is 0 Å². The number of piperidine rings is 1. The first kappa shape index (κ1) is 15.1. The molecule has 6 nitrogen and oxygen atoms in total. The van der Waals surface area contributed by atoms with Gasteiger partial charge in [0.05, 0.1) is 0 Å². The van der Waals surface area contributed by atoms with Gasteiger partial charge in [0, 0.05) is 52.2 Å². The number of likely N-dealkylation sites (tertiary alicyclic amines) is 1. The fourth-order valence-electron chi connectivity index (χ4n) is 2.51. The van der Waals surface area contributed by atoms with E-state index < -0.39 is 0 Å². The number of hydrogen-bond donors (Lipinski definition) is 2. The summed E-state index contributed by atoms with van der Waals surface area (Å²) >= 11 is 0. The Bertz CT molecular complexity index is 347. The quantitative estimate of drug-likeness (QED) is 0.710. The van der Waals surface area contributed by atoms with E-state index in [1.807, 2.05) is 4.90 Å². The summed E-state index contributed by atoms with van der Waals surface area (Å²) in [6.07, 6.45) is 4.07. The van der Waals surface area contributed by atoms with Crippen molar-refractivity contribution in [1.82, 2.24) is 20.4 Å². The van der Waals surface area contributed by atoms with Crippen LogP contribution in [-0.4, -0.2) is 68.1 Å². The number of urea groups is 1. The van der Waals surface area contributed by atoms with Crippen LogP contribution in [0.2, 0.25) is 0 Å². The summed E-state index contributed by atoms with van der Waals surface area (Å²) in [4.78, 5) is 26.8. The number of rotatable bonds is 5. The van der Waals surface area contributed by atoms with Crippen molar-refractivity contribution in [2.75, 3.05) is 40.3 Å². The predicted molar refractivity (Wildman–Crippen MR) is 77.4 cm³/mol. The molecule has 1 aliphatic heterocycles. The monoisotopic (exact) mass is 282 g/mol. The summed E-state index contributed by atoms with van der Waals surface area (Å²) in [5.74, 6) is 0.494. The molecule has 2 aliphatic rings. The van der Waals surface area contributed by atoms with E-state index >= 15 is 0 Å². The van der Waals surface area contributed by atoms with Gasteiger partial charge in [-0.2, -0.15) is 0 Å². The van der Waals surface area contributed by atoms with Crippen LogP contribution < -0.4 is 10.6 Å². The highest BCUT2D eigenvalue weighted by atomic mass is 16.2. The first-order valence-corrected chi connectivity index (χ1v) is 7.55. The minimum Gasteiger partial charge on any atom is -0.355 e. The highest BCUT2D eigenvalue weighted by molar-refractivity contribution is 5.80. The molecule has 2 fully saturated rings. The zero-order valence-electron chi connectivity index (χ0n) is 12.5. The molecular formula is C14H26N4O2. The van der Waals surface area contributed by atoms with Gasteiger partial charge in [0.2, 0.25) is 5.91 Å². The summed E-state index contributed by atoms with van der Waals surface area (Å²) in [6, 6.07) is 0.555. The van der Waals surface area contributed by atoms with Gasteiger partial charge in [0.25, 0.3) is 0 Å². The smallest absolute Gasteiger partial charge is 0.319 e. The molecule has 0 atom stereocenters. The number of hydrogen-bond acceptors (Lipinski definition) is 3. The fourth-order valence-corrected chi connectivity index (χ4v) is 2.51. The highest BCUT2D eigenvalue weighted by Crippen LogP contribution is 2.28. The lowest BCUT2D eigenvalue weighted by molar-refractivity contribution is -0.122. The Morgan fingerprint density at radius 2 is 1.75 bits per heavy atom. The number of nitrogens with one attached hydrogen (secondary N) is 2. The molecule has 0 bridgehead atoms. The Morgan fingerprint density at radius 3 is 2.30 bits per heavy atom. The number of carbonyl (C=O) groups excluding carboxylic acids is 2. The van der Waals surface area contributed by atoms with Crippen molar-refractivity contribution in [2.24, 2.45) is 5.92 Å². The van der Waals surface area contributed by atoms with Crippen molar-refractivity contribution in [1.29, 1.82) is 0 Å². The van der Waals surface area contributed by atoms with Gasteiger partial charge in [-0.25, -0.2) is 4.79 Å². The molecule has 20 heavy (non-hydrogen) atoms. The van der Waals surface area contributed by atoms with E-state index in [0.717, 1.165) is 45.3 Å². The molecule has 0 aromatic carbocycles. The largest absolute Gasteiger partial charge is 0.355 e. The number of carbonyl (C=O) groups is 2. The normalized spacial score (nSPS) is 19.8. The molecule has 2 rings (SSSR count). The Kier molecular flexibility index (Phi) is 5.23. The lowest BCUT2D eigenvalue weighted by Crippen LogP contribution is -2.49. The van der Waals surface area contributed by atoms with E-state index in [-0.39, 0.29) is 17.9 Å². The zero-order chi connectivity index (χ0) is 14.5. The maximum atomic E-state index is 11.8. The molecular weight excluding hydrogens is 256 g/mol. The fraction of sp³-hybridized carbons (Fsp3) is 0.857. The van der Waals surface area contributed by atoms with E-state index in [4.69, 9.17) is 0 Å². The van der Waals surface area contributed by atoms with E-state index in [9.17, 15) is 9.59 Å². The van der Waals surface area contributed by atoms with Crippen molar-refractivity contribution in [3.05, 3.63) is 0 Å². The summed E-state index contributed by atoms with van der Waals surface area (Å²) in [6.45, 7) is 3.13.